The zero-order valence-corrected chi connectivity index (χ0v) is 31.5. The van der Waals surface area contributed by atoms with Gasteiger partial charge in [0, 0.05) is 34.6 Å². The van der Waals surface area contributed by atoms with E-state index in [2.05, 4.69) is 20.8 Å². The highest BCUT2D eigenvalue weighted by molar-refractivity contribution is 5.97. The third-order valence-corrected chi connectivity index (χ3v) is 10.0. The van der Waals surface area contributed by atoms with E-state index < -0.39 is 12.1 Å². The van der Waals surface area contributed by atoms with E-state index in [0.29, 0.717) is 24.2 Å². The zero-order chi connectivity index (χ0) is 40.2. The Morgan fingerprint density at radius 1 is 0.649 bits per heavy atom. The normalized spacial score (nSPS) is 14.4. The summed E-state index contributed by atoms with van der Waals surface area (Å²) >= 11 is 0. The molecule has 4 amide bonds. The third kappa shape index (κ3) is 11.3. The number of carbonyl (C=O) groups is 3. The molecule has 0 radical (unpaired) electrons. The minimum Gasteiger partial charge on any atom is -0.413 e. The van der Waals surface area contributed by atoms with Crippen LogP contribution >= 0.6 is 0 Å². The summed E-state index contributed by atoms with van der Waals surface area (Å²) in [5.74, 6) is -1.68. The van der Waals surface area contributed by atoms with E-state index in [4.69, 9.17) is 10.2 Å². The number of amides is 4. The molecule has 1 heterocycles. The SMILES string of the molecule is NCC(=O)c1ccc(CN(C(=O)NC2CCCC2)c2ccccc2)cc1.O=C(NC1CCCC1)N(Cc1ccc(-c2nnc(C(F)(F)F)o2)cc1)c1ccccc1. The number of alkyl halides is 3. The topological polar surface area (TPSA) is 147 Å². The second-order valence-corrected chi connectivity index (χ2v) is 14.1. The summed E-state index contributed by atoms with van der Waals surface area (Å²) in [6.07, 6.45) is 3.94. The number of nitrogens with zero attached hydrogens (tertiary/aromatic N) is 4. The lowest BCUT2D eigenvalue weighted by Crippen LogP contribution is -2.43. The Morgan fingerprint density at radius 2 is 1.09 bits per heavy atom. The van der Waals surface area contributed by atoms with Crippen molar-refractivity contribution in [2.45, 2.75) is 82.7 Å². The number of hydrogen-bond acceptors (Lipinski definition) is 7. The van der Waals surface area contributed by atoms with Crippen LogP contribution < -0.4 is 26.2 Å². The number of halogens is 3. The summed E-state index contributed by atoms with van der Waals surface area (Å²) in [7, 11) is 0. The number of benzene rings is 4. The van der Waals surface area contributed by atoms with E-state index in [1.807, 2.05) is 72.8 Å². The summed E-state index contributed by atoms with van der Waals surface area (Å²) < 4.78 is 42.7. The monoisotopic (exact) mass is 781 g/mol. The molecule has 298 valence electrons. The van der Waals surface area contributed by atoms with Gasteiger partial charge in [0.25, 0.3) is 0 Å². The van der Waals surface area contributed by atoms with Crippen molar-refractivity contribution in [2.24, 2.45) is 5.73 Å². The van der Waals surface area contributed by atoms with Crippen molar-refractivity contribution in [1.29, 1.82) is 0 Å². The number of nitrogens with one attached hydrogen (secondary N) is 2. The number of Topliss-reactive ketones (excluding diaryl/α,β-unsaturated/α-hetero) is 1. The lowest BCUT2D eigenvalue weighted by atomic mass is 10.1. The van der Waals surface area contributed by atoms with E-state index in [9.17, 15) is 27.6 Å². The summed E-state index contributed by atoms with van der Waals surface area (Å²) in [6.45, 7) is 0.749. The molecule has 2 saturated carbocycles. The molecule has 0 saturated heterocycles. The van der Waals surface area contributed by atoms with Gasteiger partial charge in [-0.2, -0.15) is 13.2 Å². The summed E-state index contributed by atoms with van der Waals surface area (Å²) in [5.41, 5.74) is 9.75. The maximum Gasteiger partial charge on any atom is 0.470 e. The third-order valence-electron chi connectivity index (χ3n) is 10.0. The van der Waals surface area contributed by atoms with Gasteiger partial charge in [0.05, 0.1) is 19.6 Å². The summed E-state index contributed by atoms with van der Waals surface area (Å²) in [5, 5.41) is 12.8. The number of para-hydroxylation sites is 2. The highest BCUT2D eigenvalue weighted by atomic mass is 19.4. The maximum absolute atomic E-state index is 13.0. The fourth-order valence-electron chi connectivity index (χ4n) is 6.91. The quantitative estimate of drug-likeness (QED) is 0.114. The van der Waals surface area contributed by atoms with Crippen LogP contribution in [0.1, 0.15) is 78.7 Å². The van der Waals surface area contributed by atoms with Gasteiger partial charge in [-0.15, -0.1) is 10.2 Å². The van der Waals surface area contributed by atoms with Gasteiger partial charge in [-0.05, 0) is 73.2 Å². The van der Waals surface area contributed by atoms with Crippen LogP contribution in [0.2, 0.25) is 0 Å². The molecule has 2 aliphatic rings. The van der Waals surface area contributed by atoms with Crippen molar-refractivity contribution in [2.75, 3.05) is 16.3 Å². The first kappa shape index (κ1) is 40.6. The maximum atomic E-state index is 13.0. The number of carbonyl (C=O) groups excluding carboxylic acids is 3. The van der Waals surface area contributed by atoms with Gasteiger partial charge >= 0.3 is 24.1 Å². The molecule has 2 fully saturated rings. The smallest absolute Gasteiger partial charge is 0.413 e. The van der Waals surface area contributed by atoms with Crippen LogP contribution in [0.3, 0.4) is 0 Å². The van der Waals surface area contributed by atoms with Crippen LogP contribution in [0.4, 0.5) is 34.1 Å². The number of ketones is 1. The van der Waals surface area contributed by atoms with Gasteiger partial charge in [-0.1, -0.05) is 98.5 Å². The van der Waals surface area contributed by atoms with Crippen molar-refractivity contribution < 1.29 is 32.0 Å². The molecule has 0 spiro atoms. The second-order valence-electron chi connectivity index (χ2n) is 14.1. The Balaban J connectivity index is 0.000000196. The standard InChI is InChI=1S/C22H21F3N4O2.C21H25N3O2/c23-22(24,25)20-28-27-19(31-20)16-12-10-15(11-13-16)14-29(18-8-2-1-3-9-18)21(30)26-17-6-4-5-7-17;22-14-20(25)17-12-10-16(11-13-17)15-24(19-8-2-1-3-9-19)21(26)23-18-6-4-5-7-18/h1-3,8-13,17H,4-7,14H2,(H,26,30);1-3,8-13,18H,4-7,14-15,22H2,(H,23,26). The Bertz CT molecular complexity index is 2050. The fourth-order valence-corrected chi connectivity index (χ4v) is 6.91. The molecule has 5 aromatic rings. The van der Waals surface area contributed by atoms with Crippen LogP contribution in [0.25, 0.3) is 11.5 Å². The van der Waals surface area contributed by atoms with Crippen LogP contribution in [0, 0.1) is 0 Å². The van der Waals surface area contributed by atoms with Crippen LogP contribution in [-0.2, 0) is 19.3 Å². The lowest BCUT2D eigenvalue weighted by Gasteiger charge is -2.25. The minimum atomic E-state index is -4.69. The van der Waals surface area contributed by atoms with Crippen LogP contribution in [-0.4, -0.2) is 46.7 Å². The van der Waals surface area contributed by atoms with Gasteiger partial charge in [0.2, 0.25) is 5.89 Å². The van der Waals surface area contributed by atoms with Crippen molar-refractivity contribution in [3.8, 4) is 11.5 Å². The Kier molecular flexibility index (Phi) is 13.7. The number of nitrogens with two attached hydrogens (primary N) is 1. The van der Waals surface area contributed by atoms with E-state index in [1.165, 1.54) is 12.8 Å². The molecule has 7 rings (SSSR count). The van der Waals surface area contributed by atoms with Gasteiger partial charge in [-0.3, -0.25) is 14.6 Å². The highest BCUT2D eigenvalue weighted by Gasteiger charge is 2.38. The van der Waals surface area contributed by atoms with Crippen molar-refractivity contribution >= 4 is 29.2 Å². The lowest BCUT2D eigenvalue weighted by molar-refractivity contribution is -0.156. The predicted molar refractivity (Wildman–Crippen MR) is 211 cm³/mol. The summed E-state index contributed by atoms with van der Waals surface area (Å²) in [4.78, 5) is 40.9. The van der Waals surface area contributed by atoms with E-state index >= 15 is 0 Å². The zero-order valence-electron chi connectivity index (χ0n) is 31.5. The van der Waals surface area contributed by atoms with Crippen molar-refractivity contribution in [3.05, 3.63) is 132 Å². The van der Waals surface area contributed by atoms with Crippen molar-refractivity contribution in [1.82, 2.24) is 20.8 Å². The van der Waals surface area contributed by atoms with E-state index in [0.717, 1.165) is 61.0 Å². The van der Waals surface area contributed by atoms with Crippen molar-refractivity contribution in [3.63, 3.8) is 0 Å². The molecule has 0 atom stereocenters. The Labute approximate surface area is 329 Å². The first-order chi connectivity index (χ1) is 27.6. The Morgan fingerprint density at radius 3 is 1.49 bits per heavy atom. The summed E-state index contributed by atoms with van der Waals surface area (Å²) in [6, 6.07) is 33.1. The van der Waals surface area contributed by atoms with E-state index in [1.54, 1.807) is 46.2 Å². The molecule has 57 heavy (non-hydrogen) atoms. The number of aromatic nitrogens is 2. The predicted octanol–water partition coefficient (Wildman–Crippen LogP) is 8.90. The molecule has 14 heteroatoms. The molecular formula is C43H46F3N7O4. The van der Waals surface area contributed by atoms with Gasteiger partial charge in [-0.25, -0.2) is 9.59 Å². The average Bonchev–Trinajstić information content (AvgIpc) is 4.05. The Hall–Kier alpha value is -6.02. The second kappa shape index (κ2) is 19.2. The fraction of sp³-hybridized carbons (Fsp3) is 0.326. The van der Waals surface area contributed by atoms with Crippen LogP contribution in [0.15, 0.2) is 114 Å². The molecular weight excluding hydrogens is 736 g/mol. The first-order valence-corrected chi connectivity index (χ1v) is 19.2. The number of hydrogen-bond donors (Lipinski definition) is 3. The van der Waals surface area contributed by atoms with Gasteiger partial charge < -0.3 is 20.8 Å². The average molecular weight is 782 g/mol. The largest absolute Gasteiger partial charge is 0.470 e. The molecule has 11 nitrogen and oxygen atoms in total. The highest BCUT2D eigenvalue weighted by Crippen LogP contribution is 2.31. The molecule has 4 aromatic carbocycles. The molecule has 0 bridgehead atoms. The molecule has 1 aromatic heterocycles. The van der Waals surface area contributed by atoms with Gasteiger partial charge in [0.15, 0.2) is 5.78 Å². The molecule has 2 aliphatic carbocycles. The minimum absolute atomic E-state index is 0.000713. The molecule has 4 N–H and O–H groups in total. The van der Waals surface area contributed by atoms with Gasteiger partial charge in [0.1, 0.15) is 0 Å². The first-order valence-electron chi connectivity index (χ1n) is 19.2. The number of rotatable bonds is 11. The number of anilines is 2. The number of urea groups is 2. The molecule has 0 unspecified atom stereocenters. The van der Waals surface area contributed by atoms with Crippen LogP contribution in [0.5, 0.6) is 0 Å². The molecule has 0 aliphatic heterocycles. The van der Waals surface area contributed by atoms with E-state index in [-0.39, 0.29) is 42.4 Å².